The predicted octanol–water partition coefficient (Wildman–Crippen LogP) is 2.73. The van der Waals surface area contributed by atoms with E-state index in [0.29, 0.717) is 11.7 Å². The SMILES string of the molecule is CN(C)C[C@@]12CN(Cc3ccccc3)C[C@@H]1CN(C(=O)COc1ccc(F)cc1)C2. The summed E-state index contributed by atoms with van der Waals surface area (Å²) in [5.41, 5.74) is 1.42. The summed E-state index contributed by atoms with van der Waals surface area (Å²) >= 11 is 0. The van der Waals surface area contributed by atoms with E-state index in [1.165, 1.54) is 17.7 Å². The van der Waals surface area contributed by atoms with Crippen LogP contribution >= 0.6 is 0 Å². The van der Waals surface area contributed by atoms with Crippen LogP contribution in [0.1, 0.15) is 5.56 Å². The van der Waals surface area contributed by atoms with Crippen molar-refractivity contribution in [1.29, 1.82) is 0 Å². The van der Waals surface area contributed by atoms with E-state index in [2.05, 4.69) is 48.2 Å². The first-order valence-corrected chi connectivity index (χ1v) is 10.5. The molecule has 0 radical (unpaired) electrons. The third-order valence-corrected chi connectivity index (χ3v) is 6.24. The molecule has 0 bridgehead atoms. The molecular weight excluding hydrogens is 381 g/mol. The number of rotatable bonds is 7. The Labute approximate surface area is 178 Å². The molecule has 0 spiro atoms. The smallest absolute Gasteiger partial charge is 0.260 e. The number of halogens is 1. The number of nitrogens with zero attached hydrogens (tertiary/aromatic N) is 3. The lowest BCUT2D eigenvalue weighted by molar-refractivity contribution is -0.133. The second kappa shape index (κ2) is 8.74. The molecule has 0 aliphatic carbocycles. The van der Waals surface area contributed by atoms with Crippen LogP contribution in [-0.4, -0.2) is 74.0 Å². The molecule has 0 unspecified atom stereocenters. The van der Waals surface area contributed by atoms with E-state index in [0.717, 1.165) is 39.3 Å². The maximum atomic E-state index is 13.0. The van der Waals surface area contributed by atoms with Crippen molar-refractivity contribution in [3.8, 4) is 5.75 Å². The van der Waals surface area contributed by atoms with Crippen LogP contribution in [0.4, 0.5) is 4.39 Å². The normalized spacial score (nSPS) is 23.7. The fourth-order valence-corrected chi connectivity index (χ4v) is 5.06. The number of hydrogen-bond acceptors (Lipinski definition) is 4. The molecule has 2 aliphatic rings. The van der Waals surface area contributed by atoms with Crippen molar-refractivity contribution >= 4 is 5.91 Å². The summed E-state index contributed by atoms with van der Waals surface area (Å²) in [4.78, 5) is 19.5. The highest BCUT2D eigenvalue weighted by Crippen LogP contribution is 2.43. The Morgan fingerprint density at radius 3 is 2.53 bits per heavy atom. The molecule has 2 saturated heterocycles. The van der Waals surface area contributed by atoms with Crippen LogP contribution in [0.25, 0.3) is 0 Å². The van der Waals surface area contributed by atoms with Crippen molar-refractivity contribution in [2.45, 2.75) is 6.54 Å². The highest BCUT2D eigenvalue weighted by atomic mass is 19.1. The molecule has 6 heteroatoms. The Hall–Kier alpha value is -2.44. The first kappa shape index (κ1) is 20.8. The first-order chi connectivity index (χ1) is 14.4. The molecule has 4 rings (SSSR count). The first-order valence-electron chi connectivity index (χ1n) is 10.5. The van der Waals surface area contributed by atoms with Crippen molar-refractivity contribution in [3.63, 3.8) is 0 Å². The molecule has 2 heterocycles. The second-order valence-electron chi connectivity index (χ2n) is 8.97. The van der Waals surface area contributed by atoms with Crippen LogP contribution < -0.4 is 4.74 Å². The Morgan fingerprint density at radius 1 is 1.10 bits per heavy atom. The van der Waals surface area contributed by atoms with Crippen molar-refractivity contribution in [1.82, 2.24) is 14.7 Å². The number of amides is 1. The molecule has 2 aromatic carbocycles. The van der Waals surface area contributed by atoms with E-state index in [4.69, 9.17) is 4.74 Å². The van der Waals surface area contributed by atoms with Crippen LogP contribution in [0, 0.1) is 17.2 Å². The summed E-state index contributed by atoms with van der Waals surface area (Å²) in [5, 5.41) is 0. The molecule has 2 atom stereocenters. The van der Waals surface area contributed by atoms with E-state index in [-0.39, 0.29) is 23.7 Å². The average molecular weight is 412 g/mol. The fourth-order valence-electron chi connectivity index (χ4n) is 5.06. The van der Waals surface area contributed by atoms with Crippen molar-refractivity contribution < 1.29 is 13.9 Å². The van der Waals surface area contributed by atoms with E-state index >= 15 is 0 Å². The fraction of sp³-hybridized carbons (Fsp3) is 0.458. The average Bonchev–Trinajstić information content (AvgIpc) is 3.20. The number of likely N-dealkylation sites (tertiary alicyclic amines) is 2. The van der Waals surface area contributed by atoms with Crippen LogP contribution in [0.15, 0.2) is 54.6 Å². The lowest BCUT2D eigenvalue weighted by atomic mass is 9.80. The van der Waals surface area contributed by atoms with E-state index < -0.39 is 0 Å². The topological polar surface area (TPSA) is 36.0 Å². The van der Waals surface area contributed by atoms with Crippen LogP contribution in [0.2, 0.25) is 0 Å². The molecule has 1 amide bonds. The van der Waals surface area contributed by atoms with Gasteiger partial charge in [0.2, 0.25) is 0 Å². The van der Waals surface area contributed by atoms with Gasteiger partial charge in [-0.15, -0.1) is 0 Å². The maximum Gasteiger partial charge on any atom is 0.260 e. The highest BCUT2D eigenvalue weighted by molar-refractivity contribution is 5.78. The molecule has 5 nitrogen and oxygen atoms in total. The summed E-state index contributed by atoms with van der Waals surface area (Å²) < 4.78 is 18.6. The number of carbonyl (C=O) groups is 1. The highest BCUT2D eigenvalue weighted by Gasteiger charge is 2.53. The summed E-state index contributed by atoms with van der Waals surface area (Å²) in [7, 11) is 4.21. The largest absolute Gasteiger partial charge is 0.484 e. The number of benzene rings is 2. The van der Waals surface area contributed by atoms with Gasteiger partial charge in [-0.1, -0.05) is 30.3 Å². The van der Waals surface area contributed by atoms with Crippen molar-refractivity contribution in [2.75, 3.05) is 53.4 Å². The van der Waals surface area contributed by atoms with Gasteiger partial charge in [-0.05, 0) is 49.8 Å². The standard InChI is InChI=1S/C24H30FN3O2/c1-26(2)16-24-17-27(12-19-6-4-3-5-7-19)13-20(24)14-28(18-24)23(29)15-30-22-10-8-21(25)9-11-22/h3-11,20H,12-18H2,1-2H3/t20-,24+/m1/s1. The zero-order chi connectivity index (χ0) is 21.1. The van der Waals surface area contributed by atoms with Crippen LogP contribution in [-0.2, 0) is 11.3 Å². The number of hydrogen-bond donors (Lipinski definition) is 0. The molecule has 30 heavy (non-hydrogen) atoms. The predicted molar refractivity (Wildman–Crippen MR) is 115 cm³/mol. The van der Waals surface area contributed by atoms with E-state index in [1.54, 1.807) is 12.1 Å². The second-order valence-corrected chi connectivity index (χ2v) is 8.97. The zero-order valence-electron chi connectivity index (χ0n) is 17.8. The summed E-state index contributed by atoms with van der Waals surface area (Å²) in [5.74, 6) is 0.660. The van der Waals surface area contributed by atoms with Gasteiger partial charge in [0, 0.05) is 44.7 Å². The number of fused-ring (bicyclic) bond motifs is 1. The van der Waals surface area contributed by atoms with E-state index in [1.807, 2.05) is 11.0 Å². The number of ether oxygens (including phenoxy) is 1. The summed E-state index contributed by atoms with van der Waals surface area (Å²) in [6.45, 7) is 5.43. The number of carbonyl (C=O) groups excluding carboxylic acids is 1. The molecule has 0 aromatic heterocycles. The summed E-state index contributed by atoms with van der Waals surface area (Å²) in [6, 6.07) is 16.4. The molecule has 2 aromatic rings. The summed E-state index contributed by atoms with van der Waals surface area (Å²) in [6.07, 6.45) is 0. The Morgan fingerprint density at radius 2 is 1.83 bits per heavy atom. The van der Waals surface area contributed by atoms with Gasteiger partial charge in [-0.25, -0.2) is 4.39 Å². The van der Waals surface area contributed by atoms with E-state index in [9.17, 15) is 9.18 Å². The maximum absolute atomic E-state index is 13.0. The molecular formula is C24H30FN3O2. The van der Waals surface area contributed by atoms with Gasteiger partial charge >= 0.3 is 0 Å². The van der Waals surface area contributed by atoms with Gasteiger partial charge in [0.15, 0.2) is 6.61 Å². The zero-order valence-corrected chi connectivity index (χ0v) is 17.8. The van der Waals surface area contributed by atoms with Gasteiger partial charge in [-0.3, -0.25) is 9.69 Å². The van der Waals surface area contributed by atoms with Crippen LogP contribution in [0.5, 0.6) is 5.75 Å². The minimum atomic E-state index is -0.313. The van der Waals surface area contributed by atoms with Gasteiger partial charge in [-0.2, -0.15) is 0 Å². The van der Waals surface area contributed by atoms with Crippen LogP contribution in [0.3, 0.4) is 0 Å². The Bertz CT molecular complexity index is 859. The quantitative estimate of drug-likeness (QED) is 0.702. The van der Waals surface area contributed by atoms with Gasteiger partial charge in [0.05, 0.1) is 0 Å². The third-order valence-electron chi connectivity index (χ3n) is 6.24. The van der Waals surface area contributed by atoms with Gasteiger partial charge in [0.25, 0.3) is 5.91 Å². The molecule has 0 saturated carbocycles. The van der Waals surface area contributed by atoms with Gasteiger partial charge in [0.1, 0.15) is 11.6 Å². The lowest BCUT2D eigenvalue weighted by Crippen LogP contribution is -2.43. The third kappa shape index (κ3) is 4.65. The Kier molecular flexibility index (Phi) is 6.06. The molecule has 0 N–H and O–H groups in total. The Balaban J connectivity index is 1.38. The van der Waals surface area contributed by atoms with Crippen molar-refractivity contribution in [3.05, 3.63) is 66.0 Å². The van der Waals surface area contributed by atoms with Gasteiger partial charge < -0.3 is 14.5 Å². The lowest BCUT2D eigenvalue weighted by Gasteiger charge is -2.32. The molecule has 2 aliphatic heterocycles. The van der Waals surface area contributed by atoms with Crippen molar-refractivity contribution in [2.24, 2.45) is 11.3 Å². The molecule has 2 fully saturated rings. The minimum Gasteiger partial charge on any atom is -0.484 e. The molecule has 160 valence electrons. The minimum absolute atomic E-state index is 0.00136. The monoisotopic (exact) mass is 411 g/mol.